The molecule has 0 saturated carbocycles. The first-order valence-corrected chi connectivity index (χ1v) is 20.7. The summed E-state index contributed by atoms with van der Waals surface area (Å²) in [5.41, 5.74) is 4.44. The van der Waals surface area contributed by atoms with Gasteiger partial charge in [-0.15, -0.1) is 0 Å². The van der Waals surface area contributed by atoms with E-state index in [0.29, 0.717) is 67.4 Å². The zero-order valence-electron chi connectivity index (χ0n) is 33.5. The topological polar surface area (TPSA) is 198 Å². The number of nitrogens with zero attached hydrogens (tertiary/aromatic N) is 4. The maximum absolute atomic E-state index is 13.6. The number of ether oxygens (including phenoxy) is 1. The van der Waals surface area contributed by atoms with Crippen LogP contribution in [0.5, 0.6) is 5.75 Å². The minimum atomic E-state index is -0.991. The van der Waals surface area contributed by atoms with Crippen molar-refractivity contribution in [3.05, 3.63) is 94.5 Å². The van der Waals surface area contributed by atoms with Crippen LogP contribution in [0.3, 0.4) is 0 Å². The van der Waals surface area contributed by atoms with Crippen LogP contribution < -0.4 is 25.8 Å². The SMILES string of the molecule is O=C1CCC(N2C(=O)c3cccc(N4CCC(CN5CCN(C(=O)CCCCOc6ccc(CCNC(=O)c7cccc(C(=O)NO)c7)cc6)CC5)CC4)c3C2=O)C(=O)N1. The number of nitrogens with one attached hydrogen (secondary N) is 3. The number of benzene rings is 3. The molecule has 7 amide bonds. The van der Waals surface area contributed by atoms with Crippen molar-refractivity contribution in [1.82, 2.24) is 30.8 Å². The molecule has 0 aromatic heterocycles. The zero-order chi connectivity index (χ0) is 42.2. The normalized spacial score (nSPS) is 18.6. The molecule has 16 heteroatoms. The molecule has 1 atom stereocenters. The van der Waals surface area contributed by atoms with Crippen molar-refractivity contribution in [3.63, 3.8) is 0 Å². The molecule has 3 aromatic carbocycles. The number of hydrogen-bond donors (Lipinski definition) is 4. The van der Waals surface area contributed by atoms with E-state index in [0.717, 1.165) is 74.6 Å². The molecule has 16 nitrogen and oxygen atoms in total. The Morgan fingerprint density at radius 2 is 1.52 bits per heavy atom. The van der Waals surface area contributed by atoms with Gasteiger partial charge in [0.2, 0.25) is 17.7 Å². The van der Waals surface area contributed by atoms with Crippen LogP contribution in [0.2, 0.25) is 0 Å². The number of hydrogen-bond acceptors (Lipinski definition) is 11. The van der Waals surface area contributed by atoms with Gasteiger partial charge in [-0.25, -0.2) is 5.48 Å². The van der Waals surface area contributed by atoms with Gasteiger partial charge in [-0.1, -0.05) is 24.3 Å². The van der Waals surface area contributed by atoms with Gasteiger partial charge >= 0.3 is 0 Å². The van der Waals surface area contributed by atoms with Gasteiger partial charge in [0.1, 0.15) is 11.8 Å². The molecule has 4 heterocycles. The van der Waals surface area contributed by atoms with Crippen LogP contribution in [0.1, 0.15) is 91.9 Å². The number of unbranched alkanes of at least 4 members (excludes halogenated alkanes) is 1. The van der Waals surface area contributed by atoms with E-state index in [4.69, 9.17) is 9.94 Å². The van der Waals surface area contributed by atoms with E-state index < -0.39 is 35.6 Å². The number of anilines is 1. The van der Waals surface area contributed by atoms with Crippen LogP contribution in [0, 0.1) is 5.92 Å². The lowest BCUT2D eigenvalue weighted by molar-refractivity contribution is -0.136. The summed E-state index contributed by atoms with van der Waals surface area (Å²) in [6.07, 6.45) is 4.66. The number of carbonyl (C=O) groups excluding carboxylic acids is 7. The van der Waals surface area contributed by atoms with E-state index in [-0.39, 0.29) is 30.2 Å². The number of imide groups is 2. The molecule has 0 radical (unpaired) electrons. The molecule has 316 valence electrons. The highest BCUT2D eigenvalue weighted by atomic mass is 16.5. The molecule has 3 fully saturated rings. The zero-order valence-corrected chi connectivity index (χ0v) is 33.5. The highest BCUT2D eigenvalue weighted by molar-refractivity contribution is 6.25. The van der Waals surface area contributed by atoms with Crippen LogP contribution in [0.4, 0.5) is 5.69 Å². The minimum Gasteiger partial charge on any atom is -0.494 e. The Morgan fingerprint density at radius 1 is 0.800 bits per heavy atom. The number of piperazine rings is 1. The molecule has 1 unspecified atom stereocenters. The third-order valence-electron chi connectivity index (χ3n) is 11.8. The summed E-state index contributed by atoms with van der Waals surface area (Å²) in [4.78, 5) is 95.7. The quantitative estimate of drug-likeness (QED) is 0.0762. The van der Waals surface area contributed by atoms with Crippen LogP contribution in [0.25, 0.3) is 0 Å². The van der Waals surface area contributed by atoms with Crippen molar-refractivity contribution < 1.29 is 43.5 Å². The summed E-state index contributed by atoms with van der Waals surface area (Å²) in [6.45, 7) is 6.41. The van der Waals surface area contributed by atoms with Gasteiger partial charge in [0, 0.05) is 76.3 Å². The van der Waals surface area contributed by atoms with E-state index in [9.17, 15) is 33.6 Å². The van der Waals surface area contributed by atoms with E-state index in [1.807, 2.05) is 35.2 Å². The molecule has 3 aromatic rings. The summed E-state index contributed by atoms with van der Waals surface area (Å²) in [5.74, 6) is -1.61. The second-order valence-electron chi connectivity index (χ2n) is 15.7. The molecule has 3 saturated heterocycles. The minimum absolute atomic E-state index is 0.0804. The maximum atomic E-state index is 13.6. The Kier molecular flexibility index (Phi) is 13.5. The molecule has 4 N–H and O–H groups in total. The second-order valence-corrected chi connectivity index (χ2v) is 15.7. The summed E-state index contributed by atoms with van der Waals surface area (Å²) in [6, 6.07) is 18.1. The molecular weight excluding hydrogens is 771 g/mol. The monoisotopic (exact) mass is 821 g/mol. The van der Waals surface area contributed by atoms with Gasteiger partial charge in [-0.05, 0) is 92.5 Å². The molecule has 60 heavy (non-hydrogen) atoms. The van der Waals surface area contributed by atoms with Gasteiger partial charge in [-0.2, -0.15) is 0 Å². The molecule has 0 aliphatic carbocycles. The van der Waals surface area contributed by atoms with Crippen LogP contribution in [0.15, 0.2) is 66.7 Å². The van der Waals surface area contributed by atoms with Gasteiger partial charge in [0.25, 0.3) is 23.6 Å². The lowest BCUT2D eigenvalue weighted by Gasteiger charge is -2.39. The van der Waals surface area contributed by atoms with Gasteiger partial charge < -0.3 is 19.9 Å². The van der Waals surface area contributed by atoms with E-state index in [1.54, 1.807) is 29.7 Å². The van der Waals surface area contributed by atoms with Gasteiger partial charge in [0.05, 0.1) is 23.4 Å². The third-order valence-corrected chi connectivity index (χ3v) is 11.8. The smallest absolute Gasteiger partial charge is 0.274 e. The fourth-order valence-corrected chi connectivity index (χ4v) is 8.43. The Balaban J connectivity index is 0.760. The van der Waals surface area contributed by atoms with Crippen LogP contribution in [-0.4, -0.2) is 126 Å². The molecule has 7 rings (SSSR count). The highest BCUT2D eigenvalue weighted by Gasteiger charge is 2.46. The number of fused-ring (bicyclic) bond motifs is 1. The van der Waals surface area contributed by atoms with E-state index >= 15 is 0 Å². The van der Waals surface area contributed by atoms with E-state index in [1.165, 1.54) is 12.1 Å². The summed E-state index contributed by atoms with van der Waals surface area (Å²) >= 11 is 0. The third kappa shape index (κ3) is 9.83. The number of carbonyl (C=O) groups is 7. The molecule has 4 aliphatic rings. The lowest BCUT2D eigenvalue weighted by Crippen LogP contribution is -2.54. The Morgan fingerprint density at radius 3 is 2.23 bits per heavy atom. The van der Waals surface area contributed by atoms with Crippen molar-refractivity contribution in [1.29, 1.82) is 0 Å². The number of amides is 7. The summed E-state index contributed by atoms with van der Waals surface area (Å²) < 4.78 is 5.90. The van der Waals surface area contributed by atoms with Crippen molar-refractivity contribution in [3.8, 4) is 5.75 Å². The fraction of sp³-hybridized carbons (Fsp3) is 0.432. The Hall–Kier alpha value is -6.13. The lowest BCUT2D eigenvalue weighted by atomic mass is 9.94. The largest absolute Gasteiger partial charge is 0.494 e. The van der Waals surface area contributed by atoms with Crippen molar-refractivity contribution in [2.45, 2.75) is 57.4 Å². The van der Waals surface area contributed by atoms with Crippen LogP contribution in [-0.2, 0) is 20.8 Å². The average Bonchev–Trinajstić information content (AvgIpc) is 3.52. The number of hydroxylamine groups is 1. The average molecular weight is 822 g/mol. The first-order valence-electron chi connectivity index (χ1n) is 20.7. The predicted molar refractivity (Wildman–Crippen MR) is 219 cm³/mol. The highest BCUT2D eigenvalue weighted by Crippen LogP contribution is 2.36. The molecule has 0 bridgehead atoms. The Bertz CT molecular complexity index is 2110. The predicted octanol–water partition coefficient (Wildman–Crippen LogP) is 2.79. The first-order chi connectivity index (χ1) is 29.1. The van der Waals surface area contributed by atoms with Crippen molar-refractivity contribution in [2.24, 2.45) is 5.92 Å². The number of rotatable bonds is 15. The molecular formula is C44H51N7O9. The standard InChI is InChI=1S/C44H51N7O9/c52-37-15-14-36(42(56)46-37)51-43(57)34-7-4-8-35(39(34)44(51)58)49-20-17-30(18-21-49)28-48-22-24-50(25-23-48)38(53)9-1-2-26-60-33-12-10-29(11-13-33)16-19-45-40(54)31-5-3-6-32(27-31)41(55)47-59/h3-8,10-13,27,30,36,59H,1-2,9,14-26,28H2,(H,45,54)(H,47,55)(H,46,52,56). The summed E-state index contributed by atoms with van der Waals surface area (Å²) in [7, 11) is 0. The van der Waals surface area contributed by atoms with Crippen molar-refractivity contribution >= 4 is 47.0 Å². The summed E-state index contributed by atoms with van der Waals surface area (Å²) in [5, 5.41) is 13.9. The van der Waals surface area contributed by atoms with Gasteiger partial charge in [-0.3, -0.25) is 53.9 Å². The van der Waals surface area contributed by atoms with Crippen molar-refractivity contribution in [2.75, 3.05) is 63.9 Å². The molecule has 0 spiro atoms. The Labute approximate surface area is 348 Å². The van der Waals surface area contributed by atoms with Crippen LogP contribution >= 0.6 is 0 Å². The van der Waals surface area contributed by atoms with E-state index in [2.05, 4.69) is 20.4 Å². The number of piperidine rings is 2. The second kappa shape index (κ2) is 19.3. The molecule has 4 aliphatic heterocycles. The maximum Gasteiger partial charge on any atom is 0.274 e. The fourth-order valence-electron chi connectivity index (χ4n) is 8.43. The first kappa shape index (κ1) is 42.0. The van der Waals surface area contributed by atoms with Gasteiger partial charge in [0.15, 0.2) is 0 Å².